The fourth-order valence-electron chi connectivity index (χ4n) is 3.49. The standard InChI is InChI=1S/C21H19FN2O3/c1-13-6-8-15(9-7-13)24-19(25)12-18(21(24)27)23(14-10-11-14)20(26)16-4-2-3-5-17(16)22/h2-9,14,18H,10-12H2,1H3. The summed E-state index contributed by atoms with van der Waals surface area (Å²) >= 11 is 0. The van der Waals surface area contributed by atoms with E-state index >= 15 is 0 Å². The molecular formula is C21H19FN2O3. The SMILES string of the molecule is Cc1ccc(N2C(=O)CC(N(C(=O)c3ccccc3F)C3CC3)C2=O)cc1. The van der Waals surface area contributed by atoms with E-state index in [9.17, 15) is 18.8 Å². The summed E-state index contributed by atoms with van der Waals surface area (Å²) in [6, 6.07) is 11.8. The predicted molar refractivity (Wildman–Crippen MR) is 97.7 cm³/mol. The van der Waals surface area contributed by atoms with E-state index in [1.807, 2.05) is 19.1 Å². The molecule has 1 atom stereocenters. The molecule has 0 N–H and O–H groups in total. The minimum atomic E-state index is -0.890. The Morgan fingerprint density at radius 1 is 1.07 bits per heavy atom. The van der Waals surface area contributed by atoms with Gasteiger partial charge in [0.1, 0.15) is 11.9 Å². The van der Waals surface area contributed by atoms with Crippen LogP contribution < -0.4 is 4.90 Å². The first-order chi connectivity index (χ1) is 13.0. The number of halogens is 1. The molecule has 2 aromatic rings. The number of anilines is 1. The number of rotatable bonds is 4. The molecular weight excluding hydrogens is 347 g/mol. The largest absolute Gasteiger partial charge is 0.323 e. The highest BCUT2D eigenvalue weighted by molar-refractivity contribution is 6.23. The lowest BCUT2D eigenvalue weighted by Gasteiger charge is -2.27. The van der Waals surface area contributed by atoms with Gasteiger partial charge in [-0.05, 0) is 44.0 Å². The summed E-state index contributed by atoms with van der Waals surface area (Å²) in [5.41, 5.74) is 1.44. The number of nitrogens with zero attached hydrogens (tertiary/aromatic N) is 2. The van der Waals surface area contributed by atoms with Gasteiger partial charge in [0.2, 0.25) is 5.91 Å². The van der Waals surface area contributed by atoms with Crippen LogP contribution in [0.2, 0.25) is 0 Å². The molecule has 1 saturated carbocycles. The van der Waals surface area contributed by atoms with Crippen molar-refractivity contribution in [2.75, 3.05) is 4.90 Å². The van der Waals surface area contributed by atoms with Gasteiger partial charge in [-0.1, -0.05) is 29.8 Å². The van der Waals surface area contributed by atoms with Crippen molar-refractivity contribution < 1.29 is 18.8 Å². The van der Waals surface area contributed by atoms with Crippen molar-refractivity contribution in [2.24, 2.45) is 0 Å². The Hall–Kier alpha value is -3.02. The summed E-state index contributed by atoms with van der Waals surface area (Å²) in [6.07, 6.45) is 1.43. The summed E-state index contributed by atoms with van der Waals surface area (Å²) in [5, 5.41) is 0. The molecule has 6 heteroatoms. The van der Waals surface area contributed by atoms with E-state index in [-0.39, 0.29) is 23.9 Å². The Labute approximate surface area is 156 Å². The highest BCUT2D eigenvalue weighted by atomic mass is 19.1. The first-order valence-corrected chi connectivity index (χ1v) is 8.98. The van der Waals surface area contributed by atoms with Crippen molar-refractivity contribution in [3.63, 3.8) is 0 Å². The van der Waals surface area contributed by atoms with Crippen LogP contribution in [0.5, 0.6) is 0 Å². The lowest BCUT2D eigenvalue weighted by molar-refractivity contribution is -0.122. The van der Waals surface area contributed by atoms with Gasteiger partial charge in [-0.3, -0.25) is 14.4 Å². The first kappa shape index (κ1) is 17.4. The van der Waals surface area contributed by atoms with Crippen molar-refractivity contribution in [3.05, 3.63) is 65.5 Å². The van der Waals surface area contributed by atoms with E-state index in [0.717, 1.165) is 23.3 Å². The molecule has 1 aliphatic heterocycles. The molecule has 3 amide bonds. The Balaban J connectivity index is 1.65. The number of imide groups is 1. The van der Waals surface area contributed by atoms with E-state index in [4.69, 9.17) is 0 Å². The van der Waals surface area contributed by atoms with Crippen LogP contribution in [0.15, 0.2) is 48.5 Å². The summed E-state index contributed by atoms with van der Waals surface area (Å²) in [5.74, 6) is -1.94. The predicted octanol–water partition coefficient (Wildman–Crippen LogP) is 3.07. The Morgan fingerprint density at radius 2 is 1.74 bits per heavy atom. The van der Waals surface area contributed by atoms with Gasteiger partial charge < -0.3 is 4.90 Å². The van der Waals surface area contributed by atoms with Gasteiger partial charge in [0.25, 0.3) is 11.8 Å². The molecule has 0 bridgehead atoms. The van der Waals surface area contributed by atoms with Crippen molar-refractivity contribution in [1.29, 1.82) is 0 Å². The van der Waals surface area contributed by atoms with Crippen LogP contribution >= 0.6 is 0 Å². The molecule has 27 heavy (non-hydrogen) atoms. The van der Waals surface area contributed by atoms with E-state index in [2.05, 4.69) is 0 Å². The van der Waals surface area contributed by atoms with Gasteiger partial charge in [0.05, 0.1) is 17.7 Å². The smallest absolute Gasteiger partial charge is 0.257 e. The van der Waals surface area contributed by atoms with Crippen molar-refractivity contribution in [1.82, 2.24) is 4.90 Å². The molecule has 2 fully saturated rings. The first-order valence-electron chi connectivity index (χ1n) is 8.98. The second-order valence-corrected chi connectivity index (χ2v) is 7.05. The average Bonchev–Trinajstić information content (AvgIpc) is 3.43. The molecule has 0 spiro atoms. The van der Waals surface area contributed by atoms with Crippen LogP contribution in [-0.4, -0.2) is 34.7 Å². The van der Waals surface area contributed by atoms with Gasteiger partial charge in [-0.15, -0.1) is 0 Å². The van der Waals surface area contributed by atoms with Crippen LogP contribution in [0.1, 0.15) is 35.2 Å². The number of amides is 3. The molecule has 2 aliphatic rings. The van der Waals surface area contributed by atoms with E-state index < -0.39 is 23.7 Å². The average molecular weight is 366 g/mol. The van der Waals surface area contributed by atoms with Crippen LogP contribution in [-0.2, 0) is 9.59 Å². The number of carbonyl (C=O) groups excluding carboxylic acids is 3. The van der Waals surface area contributed by atoms with Gasteiger partial charge in [0, 0.05) is 6.04 Å². The van der Waals surface area contributed by atoms with E-state index in [0.29, 0.717) is 5.69 Å². The van der Waals surface area contributed by atoms with Crippen molar-refractivity contribution in [3.8, 4) is 0 Å². The molecule has 2 aromatic carbocycles. The molecule has 0 radical (unpaired) electrons. The zero-order valence-corrected chi connectivity index (χ0v) is 14.9. The Morgan fingerprint density at radius 3 is 2.37 bits per heavy atom. The third-order valence-corrected chi connectivity index (χ3v) is 5.03. The van der Waals surface area contributed by atoms with Gasteiger partial charge >= 0.3 is 0 Å². The number of aryl methyl sites for hydroxylation is 1. The molecule has 5 nitrogen and oxygen atoms in total. The zero-order chi connectivity index (χ0) is 19.1. The number of hydrogen-bond donors (Lipinski definition) is 0. The fourth-order valence-corrected chi connectivity index (χ4v) is 3.49. The van der Waals surface area contributed by atoms with Crippen LogP contribution in [0.3, 0.4) is 0 Å². The summed E-state index contributed by atoms with van der Waals surface area (Å²) in [4.78, 5) is 41.1. The molecule has 138 valence electrons. The normalized spacial score (nSPS) is 19.5. The quantitative estimate of drug-likeness (QED) is 0.782. The highest BCUT2D eigenvalue weighted by Gasteiger charge is 2.49. The minimum Gasteiger partial charge on any atom is -0.323 e. The third kappa shape index (κ3) is 3.12. The van der Waals surface area contributed by atoms with Gasteiger partial charge in [0.15, 0.2) is 0 Å². The van der Waals surface area contributed by atoms with Gasteiger partial charge in [-0.2, -0.15) is 0 Å². The molecule has 4 rings (SSSR count). The molecule has 1 heterocycles. The van der Waals surface area contributed by atoms with Crippen LogP contribution in [0.25, 0.3) is 0 Å². The van der Waals surface area contributed by atoms with E-state index in [1.165, 1.54) is 23.1 Å². The van der Waals surface area contributed by atoms with E-state index in [1.54, 1.807) is 18.2 Å². The third-order valence-electron chi connectivity index (χ3n) is 5.03. The van der Waals surface area contributed by atoms with Crippen LogP contribution in [0.4, 0.5) is 10.1 Å². The Kier molecular flexibility index (Phi) is 4.26. The summed E-state index contributed by atoms with van der Waals surface area (Å²) < 4.78 is 14.1. The highest BCUT2D eigenvalue weighted by Crippen LogP contribution is 2.35. The monoisotopic (exact) mass is 366 g/mol. The van der Waals surface area contributed by atoms with Crippen LogP contribution in [0, 0.1) is 12.7 Å². The zero-order valence-electron chi connectivity index (χ0n) is 14.9. The van der Waals surface area contributed by atoms with Gasteiger partial charge in [-0.25, -0.2) is 9.29 Å². The molecule has 1 aliphatic carbocycles. The lowest BCUT2D eigenvalue weighted by Crippen LogP contribution is -2.47. The van der Waals surface area contributed by atoms with Crippen molar-refractivity contribution in [2.45, 2.75) is 38.3 Å². The summed E-state index contributed by atoms with van der Waals surface area (Å²) in [6.45, 7) is 1.92. The molecule has 0 aromatic heterocycles. The second kappa shape index (κ2) is 6.61. The summed E-state index contributed by atoms with van der Waals surface area (Å²) in [7, 11) is 0. The minimum absolute atomic E-state index is 0.0709. The molecule has 1 saturated heterocycles. The lowest BCUT2D eigenvalue weighted by atomic mass is 10.1. The topological polar surface area (TPSA) is 57.7 Å². The Bertz CT molecular complexity index is 921. The number of benzene rings is 2. The van der Waals surface area contributed by atoms with Crippen molar-refractivity contribution >= 4 is 23.4 Å². The maximum atomic E-state index is 14.1. The second-order valence-electron chi connectivity index (χ2n) is 7.05. The number of carbonyl (C=O) groups is 3. The fraction of sp³-hybridized carbons (Fsp3) is 0.286. The molecule has 1 unspecified atom stereocenters. The number of hydrogen-bond acceptors (Lipinski definition) is 3. The maximum absolute atomic E-state index is 14.1. The maximum Gasteiger partial charge on any atom is 0.257 e.